The molecule has 0 radical (unpaired) electrons. The lowest BCUT2D eigenvalue weighted by Crippen LogP contribution is -2.49. The zero-order valence-electron chi connectivity index (χ0n) is 16.0. The highest BCUT2D eigenvalue weighted by Gasteiger charge is 2.26. The fourth-order valence-electron chi connectivity index (χ4n) is 3.34. The highest BCUT2D eigenvalue weighted by atomic mass is 16.2. The number of rotatable bonds is 5. The van der Waals surface area contributed by atoms with Crippen molar-refractivity contribution in [3.63, 3.8) is 0 Å². The maximum absolute atomic E-state index is 12.6. The van der Waals surface area contributed by atoms with E-state index in [1.165, 1.54) is 11.1 Å². The van der Waals surface area contributed by atoms with Gasteiger partial charge in [0.25, 0.3) is 0 Å². The summed E-state index contributed by atoms with van der Waals surface area (Å²) in [5, 5.41) is 0. The molecule has 1 amide bonds. The monoisotopic (exact) mass is 352 g/mol. The Bertz CT molecular complexity index is 719. The molecule has 2 aromatic rings. The normalized spacial score (nSPS) is 15.2. The zero-order valence-corrected chi connectivity index (χ0v) is 16.0. The van der Waals surface area contributed by atoms with E-state index >= 15 is 0 Å². The van der Waals surface area contributed by atoms with Crippen molar-refractivity contribution in [2.75, 3.05) is 31.1 Å². The van der Waals surface area contributed by atoms with Gasteiger partial charge >= 0.3 is 0 Å². The van der Waals surface area contributed by atoms with Gasteiger partial charge < -0.3 is 9.80 Å². The average molecular weight is 352 g/mol. The van der Waals surface area contributed by atoms with Gasteiger partial charge in [-0.15, -0.1) is 0 Å². The molecule has 2 heterocycles. The van der Waals surface area contributed by atoms with Crippen molar-refractivity contribution in [1.82, 2.24) is 14.9 Å². The molecule has 5 heteroatoms. The van der Waals surface area contributed by atoms with Crippen molar-refractivity contribution in [3.05, 3.63) is 53.9 Å². The zero-order chi connectivity index (χ0) is 18.6. The van der Waals surface area contributed by atoms with Crippen LogP contribution in [0.1, 0.15) is 37.8 Å². The van der Waals surface area contributed by atoms with Crippen molar-refractivity contribution >= 4 is 11.9 Å². The molecule has 0 aliphatic carbocycles. The van der Waals surface area contributed by atoms with E-state index in [-0.39, 0.29) is 11.3 Å². The predicted molar refractivity (Wildman–Crippen MR) is 104 cm³/mol. The second-order valence-electron chi connectivity index (χ2n) is 7.67. The number of benzene rings is 1. The minimum Gasteiger partial charge on any atom is -0.339 e. The van der Waals surface area contributed by atoms with Crippen LogP contribution in [0, 0.1) is 6.92 Å². The summed E-state index contributed by atoms with van der Waals surface area (Å²) in [6.07, 6.45) is 4.96. The first-order chi connectivity index (χ1) is 12.5. The van der Waals surface area contributed by atoms with Gasteiger partial charge in [-0.2, -0.15) is 0 Å². The standard InChI is InChI=1S/C21H28N4O/c1-17-5-7-18(8-6-17)21(2,3)10-9-19(26)24-13-15-25(16-14-24)20-22-11-4-12-23-20/h4-8,11-12H,9-10,13-16H2,1-3H3. The minimum atomic E-state index is 0.00304. The maximum atomic E-state index is 12.6. The Hall–Kier alpha value is -2.43. The number of aromatic nitrogens is 2. The Morgan fingerprint density at radius 1 is 1.04 bits per heavy atom. The molecule has 3 rings (SSSR count). The average Bonchev–Trinajstić information content (AvgIpc) is 2.67. The number of amides is 1. The molecule has 1 aromatic heterocycles. The molecule has 1 fully saturated rings. The molecule has 0 spiro atoms. The van der Waals surface area contributed by atoms with E-state index in [1.54, 1.807) is 12.4 Å². The molecule has 1 aromatic carbocycles. The third kappa shape index (κ3) is 4.40. The van der Waals surface area contributed by atoms with Crippen LogP contribution in [-0.2, 0) is 10.2 Å². The lowest BCUT2D eigenvalue weighted by molar-refractivity contribution is -0.131. The summed E-state index contributed by atoms with van der Waals surface area (Å²) in [4.78, 5) is 25.3. The maximum Gasteiger partial charge on any atom is 0.225 e. The van der Waals surface area contributed by atoms with Crippen molar-refractivity contribution < 1.29 is 4.79 Å². The second kappa shape index (κ2) is 7.85. The molecule has 1 saturated heterocycles. The highest BCUT2D eigenvalue weighted by molar-refractivity contribution is 5.76. The summed E-state index contributed by atoms with van der Waals surface area (Å²) in [6, 6.07) is 10.5. The first-order valence-electron chi connectivity index (χ1n) is 9.33. The SMILES string of the molecule is Cc1ccc(C(C)(C)CCC(=O)N2CCN(c3ncccn3)CC2)cc1. The minimum absolute atomic E-state index is 0.00304. The van der Waals surface area contributed by atoms with Crippen LogP contribution in [-0.4, -0.2) is 47.0 Å². The van der Waals surface area contributed by atoms with Gasteiger partial charge in [-0.05, 0) is 30.4 Å². The van der Waals surface area contributed by atoms with Crippen molar-refractivity contribution in [2.45, 2.75) is 39.0 Å². The van der Waals surface area contributed by atoms with E-state index in [4.69, 9.17) is 0 Å². The van der Waals surface area contributed by atoms with E-state index in [1.807, 2.05) is 11.0 Å². The summed E-state index contributed by atoms with van der Waals surface area (Å²) in [5.74, 6) is 0.999. The number of piperazine rings is 1. The third-order valence-electron chi connectivity index (χ3n) is 5.26. The van der Waals surface area contributed by atoms with Gasteiger partial charge in [-0.25, -0.2) is 9.97 Å². The third-order valence-corrected chi connectivity index (χ3v) is 5.26. The second-order valence-corrected chi connectivity index (χ2v) is 7.67. The summed E-state index contributed by atoms with van der Waals surface area (Å²) < 4.78 is 0. The largest absolute Gasteiger partial charge is 0.339 e. The number of carbonyl (C=O) groups is 1. The smallest absolute Gasteiger partial charge is 0.225 e. The Kier molecular flexibility index (Phi) is 5.55. The molecule has 0 saturated carbocycles. The van der Waals surface area contributed by atoms with Crippen LogP contribution in [0.4, 0.5) is 5.95 Å². The van der Waals surface area contributed by atoms with Crippen LogP contribution in [0.25, 0.3) is 0 Å². The summed E-state index contributed by atoms with van der Waals surface area (Å²) in [7, 11) is 0. The number of carbonyl (C=O) groups excluding carboxylic acids is 1. The van der Waals surface area contributed by atoms with E-state index in [2.05, 4.69) is 59.9 Å². The highest BCUT2D eigenvalue weighted by Crippen LogP contribution is 2.29. The first kappa shape index (κ1) is 18.4. The van der Waals surface area contributed by atoms with Gasteiger partial charge in [0.15, 0.2) is 0 Å². The van der Waals surface area contributed by atoms with Gasteiger partial charge in [0.05, 0.1) is 0 Å². The topological polar surface area (TPSA) is 49.3 Å². The lowest BCUT2D eigenvalue weighted by Gasteiger charge is -2.35. The van der Waals surface area contributed by atoms with Gasteiger partial charge in [0.2, 0.25) is 11.9 Å². The number of hydrogen-bond donors (Lipinski definition) is 0. The molecule has 1 aliphatic heterocycles. The molecule has 26 heavy (non-hydrogen) atoms. The molecule has 0 N–H and O–H groups in total. The molecule has 5 nitrogen and oxygen atoms in total. The molecule has 1 aliphatic rings. The molecule has 0 bridgehead atoms. The van der Waals surface area contributed by atoms with Crippen LogP contribution < -0.4 is 4.90 Å². The van der Waals surface area contributed by atoms with Gasteiger partial charge in [0.1, 0.15) is 0 Å². The number of nitrogens with zero attached hydrogens (tertiary/aromatic N) is 4. The molecule has 0 atom stereocenters. The van der Waals surface area contributed by atoms with Crippen LogP contribution in [0.5, 0.6) is 0 Å². The fraction of sp³-hybridized carbons (Fsp3) is 0.476. The van der Waals surface area contributed by atoms with Gasteiger partial charge in [0, 0.05) is 45.0 Å². The first-order valence-corrected chi connectivity index (χ1v) is 9.33. The lowest BCUT2D eigenvalue weighted by atomic mass is 9.80. The molecule has 138 valence electrons. The quantitative estimate of drug-likeness (QED) is 0.829. The summed E-state index contributed by atoms with van der Waals surface area (Å²) in [6.45, 7) is 9.59. The Morgan fingerprint density at radius 3 is 2.27 bits per heavy atom. The Balaban J connectivity index is 1.50. The number of aryl methyl sites for hydroxylation is 1. The predicted octanol–water partition coefficient (Wildman–Crippen LogP) is 3.19. The van der Waals surface area contributed by atoms with E-state index < -0.39 is 0 Å². The van der Waals surface area contributed by atoms with Crippen molar-refractivity contribution in [2.24, 2.45) is 0 Å². The number of anilines is 1. The Labute approximate surface area is 156 Å². The molecular formula is C21H28N4O. The van der Waals surface area contributed by atoms with E-state index in [9.17, 15) is 4.79 Å². The van der Waals surface area contributed by atoms with Crippen molar-refractivity contribution in [3.8, 4) is 0 Å². The van der Waals surface area contributed by atoms with E-state index in [0.29, 0.717) is 6.42 Å². The van der Waals surface area contributed by atoms with Crippen LogP contribution >= 0.6 is 0 Å². The van der Waals surface area contributed by atoms with Gasteiger partial charge in [-0.3, -0.25) is 4.79 Å². The van der Waals surface area contributed by atoms with Crippen molar-refractivity contribution in [1.29, 1.82) is 0 Å². The molecule has 0 unspecified atom stereocenters. The number of hydrogen-bond acceptors (Lipinski definition) is 4. The van der Waals surface area contributed by atoms with Crippen LogP contribution in [0.3, 0.4) is 0 Å². The summed E-state index contributed by atoms with van der Waals surface area (Å²) >= 11 is 0. The van der Waals surface area contributed by atoms with Crippen LogP contribution in [0.15, 0.2) is 42.7 Å². The Morgan fingerprint density at radius 2 is 1.65 bits per heavy atom. The molecular weight excluding hydrogens is 324 g/mol. The summed E-state index contributed by atoms with van der Waals surface area (Å²) in [5.41, 5.74) is 2.56. The van der Waals surface area contributed by atoms with Crippen LogP contribution in [0.2, 0.25) is 0 Å². The fourth-order valence-corrected chi connectivity index (χ4v) is 3.34. The van der Waals surface area contributed by atoms with E-state index in [0.717, 1.165) is 38.5 Å². The van der Waals surface area contributed by atoms with Gasteiger partial charge in [-0.1, -0.05) is 43.7 Å².